The highest BCUT2D eigenvalue weighted by Crippen LogP contribution is 2.28. The lowest BCUT2D eigenvalue weighted by Crippen LogP contribution is -2.34. The van der Waals surface area contributed by atoms with Crippen LogP contribution in [0.3, 0.4) is 0 Å². The van der Waals surface area contributed by atoms with E-state index in [0.717, 1.165) is 18.9 Å². The fraction of sp³-hybridized carbons (Fsp3) is 1.00. The van der Waals surface area contributed by atoms with Crippen molar-refractivity contribution in [2.75, 3.05) is 18.6 Å². The summed E-state index contributed by atoms with van der Waals surface area (Å²) >= 11 is 1.89. The van der Waals surface area contributed by atoms with Gasteiger partial charge in [0.1, 0.15) is 0 Å². The second-order valence-electron chi connectivity index (χ2n) is 5.13. The summed E-state index contributed by atoms with van der Waals surface area (Å²) in [5, 5.41) is 13.3. The molecule has 1 aliphatic rings. The van der Waals surface area contributed by atoms with Gasteiger partial charge in [0.05, 0.1) is 6.10 Å². The molecule has 16 heavy (non-hydrogen) atoms. The Morgan fingerprint density at radius 1 is 1.38 bits per heavy atom. The van der Waals surface area contributed by atoms with Crippen molar-refractivity contribution in [3.63, 3.8) is 0 Å². The van der Waals surface area contributed by atoms with Gasteiger partial charge in [-0.05, 0) is 37.7 Å². The van der Waals surface area contributed by atoms with E-state index in [2.05, 4.69) is 18.5 Å². The molecule has 0 bridgehead atoms. The lowest BCUT2D eigenvalue weighted by Gasteiger charge is -2.19. The normalized spacial score (nSPS) is 21.2. The average Bonchev–Trinajstić information content (AvgIpc) is 2.76. The number of aliphatic hydroxyl groups is 1. The topological polar surface area (TPSA) is 32.3 Å². The van der Waals surface area contributed by atoms with Gasteiger partial charge >= 0.3 is 0 Å². The predicted octanol–water partition coefficient (Wildman–Crippen LogP) is 2.66. The largest absolute Gasteiger partial charge is 0.392 e. The van der Waals surface area contributed by atoms with Crippen LogP contribution >= 0.6 is 11.8 Å². The summed E-state index contributed by atoms with van der Waals surface area (Å²) in [6.07, 6.45) is 9.60. The van der Waals surface area contributed by atoms with E-state index in [1.54, 1.807) is 0 Å². The third-order valence-corrected chi connectivity index (χ3v) is 4.18. The molecule has 1 rings (SSSR count). The molecule has 2 N–H and O–H groups in total. The zero-order valence-corrected chi connectivity index (χ0v) is 11.6. The first-order valence-corrected chi connectivity index (χ1v) is 8.02. The molecule has 0 heterocycles. The smallest absolute Gasteiger partial charge is 0.0667 e. The molecule has 0 aromatic rings. The Morgan fingerprint density at radius 2 is 2.06 bits per heavy atom. The molecule has 1 fully saturated rings. The van der Waals surface area contributed by atoms with Crippen LogP contribution in [0, 0.1) is 5.92 Å². The molecule has 0 spiro atoms. The predicted molar refractivity (Wildman–Crippen MR) is 73.0 cm³/mol. The van der Waals surface area contributed by atoms with Gasteiger partial charge in [0.15, 0.2) is 0 Å². The van der Waals surface area contributed by atoms with Crippen molar-refractivity contribution in [3.8, 4) is 0 Å². The molecule has 2 atom stereocenters. The van der Waals surface area contributed by atoms with Crippen molar-refractivity contribution in [1.29, 1.82) is 0 Å². The number of aliphatic hydroxyl groups excluding tert-OH is 1. The summed E-state index contributed by atoms with van der Waals surface area (Å²) in [5.41, 5.74) is 0. The molecule has 0 amide bonds. The zero-order chi connectivity index (χ0) is 11.8. The Kier molecular flexibility index (Phi) is 7.50. The van der Waals surface area contributed by atoms with Gasteiger partial charge in [0, 0.05) is 12.6 Å². The molecule has 96 valence electrons. The summed E-state index contributed by atoms with van der Waals surface area (Å²) in [6.45, 7) is 2.98. The summed E-state index contributed by atoms with van der Waals surface area (Å²) in [5.74, 6) is 1.99. The number of hydrogen-bond acceptors (Lipinski definition) is 3. The van der Waals surface area contributed by atoms with Gasteiger partial charge in [0.2, 0.25) is 0 Å². The quantitative estimate of drug-likeness (QED) is 0.689. The SMILES string of the molecule is CSCCC(C)NCC(O)CC1CCCC1. The van der Waals surface area contributed by atoms with E-state index in [0.29, 0.717) is 6.04 Å². The maximum atomic E-state index is 9.92. The Hall–Kier alpha value is 0.270. The van der Waals surface area contributed by atoms with E-state index >= 15 is 0 Å². The Labute approximate surface area is 105 Å². The van der Waals surface area contributed by atoms with Gasteiger partial charge in [0.25, 0.3) is 0 Å². The molecule has 1 aliphatic carbocycles. The molecular formula is C13H27NOS. The lowest BCUT2D eigenvalue weighted by molar-refractivity contribution is 0.137. The Morgan fingerprint density at radius 3 is 2.69 bits per heavy atom. The first kappa shape index (κ1) is 14.3. The van der Waals surface area contributed by atoms with Crippen molar-refractivity contribution >= 4 is 11.8 Å². The van der Waals surface area contributed by atoms with Crippen LogP contribution in [0.2, 0.25) is 0 Å². The Balaban J connectivity index is 2.02. The first-order chi connectivity index (χ1) is 7.72. The van der Waals surface area contributed by atoms with Crippen LogP contribution in [0.4, 0.5) is 0 Å². The molecule has 0 aromatic carbocycles. The van der Waals surface area contributed by atoms with Crippen molar-refractivity contribution in [1.82, 2.24) is 5.32 Å². The second-order valence-corrected chi connectivity index (χ2v) is 6.12. The van der Waals surface area contributed by atoms with Gasteiger partial charge < -0.3 is 10.4 Å². The van der Waals surface area contributed by atoms with E-state index in [1.165, 1.54) is 37.9 Å². The molecule has 0 aromatic heterocycles. The molecule has 2 nitrogen and oxygen atoms in total. The molecule has 0 radical (unpaired) electrons. The molecular weight excluding hydrogens is 218 g/mol. The minimum Gasteiger partial charge on any atom is -0.392 e. The minimum absolute atomic E-state index is 0.139. The summed E-state index contributed by atoms with van der Waals surface area (Å²) in [7, 11) is 0. The minimum atomic E-state index is -0.139. The third-order valence-electron chi connectivity index (χ3n) is 3.54. The van der Waals surface area contributed by atoms with Gasteiger partial charge in [-0.1, -0.05) is 25.7 Å². The molecule has 0 saturated heterocycles. The molecule has 3 heteroatoms. The molecule has 1 saturated carbocycles. The highest BCUT2D eigenvalue weighted by Gasteiger charge is 2.18. The number of hydrogen-bond donors (Lipinski definition) is 2. The van der Waals surface area contributed by atoms with Gasteiger partial charge in [-0.3, -0.25) is 0 Å². The number of nitrogens with one attached hydrogen (secondary N) is 1. The van der Waals surface area contributed by atoms with Crippen LogP contribution in [0.5, 0.6) is 0 Å². The summed E-state index contributed by atoms with van der Waals surface area (Å²) < 4.78 is 0. The molecule has 2 unspecified atom stereocenters. The van der Waals surface area contributed by atoms with Crippen LogP contribution < -0.4 is 5.32 Å². The van der Waals surface area contributed by atoms with Crippen LogP contribution in [0.15, 0.2) is 0 Å². The second kappa shape index (κ2) is 8.37. The van der Waals surface area contributed by atoms with Gasteiger partial charge in [-0.25, -0.2) is 0 Å². The summed E-state index contributed by atoms with van der Waals surface area (Å²) in [4.78, 5) is 0. The van der Waals surface area contributed by atoms with Crippen LogP contribution in [-0.4, -0.2) is 35.8 Å². The number of thioether (sulfide) groups is 1. The average molecular weight is 245 g/mol. The fourth-order valence-corrected chi connectivity index (χ4v) is 3.04. The maximum Gasteiger partial charge on any atom is 0.0667 e. The monoisotopic (exact) mass is 245 g/mol. The zero-order valence-electron chi connectivity index (χ0n) is 10.7. The first-order valence-electron chi connectivity index (χ1n) is 6.62. The highest BCUT2D eigenvalue weighted by molar-refractivity contribution is 7.98. The van der Waals surface area contributed by atoms with Crippen LogP contribution in [-0.2, 0) is 0 Å². The van der Waals surface area contributed by atoms with Crippen molar-refractivity contribution < 1.29 is 5.11 Å². The van der Waals surface area contributed by atoms with E-state index < -0.39 is 0 Å². The number of rotatable bonds is 8. The van der Waals surface area contributed by atoms with Crippen molar-refractivity contribution in [2.24, 2.45) is 5.92 Å². The fourth-order valence-electron chi connectivity index (χ4n) is 2.45. The van der Waals surface area contributed by atoms with Crippen molar-refractivity contribution in [3.05, 3.63) is 0 Å². The Bertz CT molecular complexity index is 171. The van der Waals surface area contributed by atoms with Gasteiger partial charge in [-0.15, -0.1) is 0 Å². The highest BCUT2D eigenvalue weighted by atomic mass is 32.2. The van der Waals surface area contributed by atoms with E-state index in [-0.39, 0.29) is 6.10 Å². The maximum absolute atomic E-state index is 9.92. The molecule has 0 aliphatic heterocycles. The van der Waals surface area contributed by atoms with Crippen LogP contribution in [0.25, 0.3) is 0 Å². The van der Waals surface area contributed by atoms with E-state index in [1.807, 2.05) is 11.8 Å². The summed E-state index contributed by atoms with van der Waals surface area (Å²) in [6, 6.07) is 0.533. The van der Waals surface area contributed by atoms with Crippen molar-refractivity contribution in [2.45, 2.75) is 57.6 Å². The lowest BCUT2D eigenvalue weighted by atomic mass is 10.00. The van der Waals surface area contributed by atoms with Gasteiger partial charge in [-0.2, -0.15) is 11.8 Å². The van der Waals surface area contributed by atoms with E-state index in [9.17, 15) is 5.11 Å². The van der Waals surface area contributed by atoms with E-state index in [4.69, 9.17) is 0 Å². The standard InChI is InChI=1S/C13H27NOS/c1-11(7-8-16-2)14-10-13(15)9-12-5-3-4-6-12/h11-15H,3-10H2,1-2H3. The van der Waals surface area contributed by atoms with Crippen LogP contribution in [0.1, 0.15) is 45.4 Å². The third kappa shape index (κ3) is 6.12.